The van der Waals surface area contributed by atoms with E-state index in [0.717, 1.165) is 89.9 Å². The van der Waals surface area contributed by atoms with E-state index in [4.69, 9.17) is 37.9 Å². The number of hydrogen-bond donors (Lipinski definition) is 0. The molecule has 0 spiro atoms. The maximum atomic E-state index is 7.27. The van der Waals surface area contributed by atoms with Crippen molar-refractivity contribution in [3.8, 4) is 92.0 Å². The first-order chi connectivity index (χ1) is 38.6. The average molecular weight is 1010 g/mol. The molecule has 0 saturated heterocycles. The molecule has 0 aliphatic carbocycles. The van der Waals surface area contributed by atoms with Crippen molar-refractivity contribution in [2.24, 2.45) is 0 Å². The van der Waals surface area contributed by atoms with Crippen LogP contribution < -0.4 is 80.5 Å². The van der Waals surface area contributed by atoms with Gasteiger partial charge < -0.3 is 47.7 Å². The standard InChI is InChI=1S/C66H38B2N2O8/c1-3-17-41(18-4-1)71-55-31-15-21-43-65(55)77-61-35-39(69-47-23-7-11-27-51(47)73-52-28-12-8-24-48(52)69)33-59-63(61)67(43)45-37-46-58(38-57(45)75-59)76-60-34-40(70-49-25-9-13-29-53(49)74-54-30-14-10-26-50(54)70)36-62-64(60)68(46)44-22-16-32-56(66(44)78-62)72-42-19-5-2-6-20-42/h1-38H. The molecule has 11 aromatic carbocycles. The molecule has 0 fully saturated rings. The SMILES string of the molecule is c1ccc(Oc2cccc3c2Oc2cc(N4c5ccccc5Oc5ccccc54)cc4c2B3c2cc3c(cc2O4)Oc2cc(N4c5ccccc5Oc5ccccc54)cc4c2B3c2cccc(Oc3ccccc3)c2O4)cc1. The molecule has 0 atom stereocenters. The molecule has 0 aromatic heterocycles. The minimum absolute atomic E-state index is 0.345. The van der Waals surface area contributed by atoms with Crippen molar-refractivity contribution < 1.29 is 37.9 Å². The molecule has 6 aliphatic rings. The fourth-order valence-electron chi connectivity index (χ4n) is 12.1. The van der Waals surface area contributed by atoms with Crippen molar-refractivity contribution in [3.05, 3.63) is 231 Å². The largest absolute Gasteiger partial charge is 0.458 e. The first-order valence-electron chi connectivity index (χ1n) is 25.9. The van der Waals surface area contributed by atoms with Crippen molar-refractivity contribution in [1.29, 1.82) is 0 Å². The molecular weight excluding hydrogens is 970 g/mol. The molecular formula is C66H38B2N2O8. The number of fused-ring (bicyclic) bond motifs is 12. The van der Waals surface area contributed by atoms with Gasteiger partial charge in [-0.05, 0) is 107 Å². The highest BCUT2D eigenvalue weighted by Gasteiger charge is 2.47. The maximum Gasteiger partial charge on any atom is 0.260 e. The molecule has 0 saturated carbocycles. The molecule has 11 aromatic rings. The molecule has 0 amide bonds. The molecule has 0 unspecified atom stereocenters. The van der Waals surface area contributed by atoms with E-state index in [1.54, 1.807) is 0 Å². The van der Waals surface area contributed by atoms with Gasteiger partial charge in [0, 0.05) is 41.3 Å². The molecule has 12 heteroatoms. The zero-order valence-electron chi connectivity index (χ0n) is 41.3. The van der Waals surface area contributed by atoms with Crippen LogP contribution in [-0.2, 0) is 0 Å². The number of hydrogen-bond acceptors (Lipinski definition) is 10. The van der Waals surface area contributed by atoms with E-state index in [-0.39, 0.29) is 13.4 Å². The van der Waals surface area contributed by atoms with Crippen LogP contribution >= 0.6 is 0 Å². The van der Waals surface area contributed by atoms with Gasteiger partial charge >= 0.3 is 0 Å². The Morgan fingerprint density at radius 1 is 0.269 bits per heavy atom. The van der Waals surface area contributed by atoms with Gasteiger partial charge in [0.15, 0.2) is 46.0 Å². The van der Waals surface area contributed by atoms with Crippen molar-refractivity contribution in [3.63, 3.8) is 0 Å². The summed E-state index contributed by atoms with van der Waals surface area (Å²) in [6.07, 6.45) is 0. The van der Waals surface area contributed by atoms with Gasteiger partial charge in [-0.3, -0.25) is 0 Å². The number of ether oxygens (including phenoxy) is 8. The van der Waals surface area contributed by atoms with Crippen molar-refractivity contribution in [2.75, 3.05) is 9.80 Å². The Hall–Kier alpha value is -10.5. The Bertz CT molecular complexity index is 3980. The Morgan fingerprint density at radius 3 is 1.01 bits per heavy atom. The predicted molar refractivity (Wildman–Crippen MR) is 304 cm³/mol. The quantitative estimate of drug-likeness (QED) is 0.150. The van der Waals surface area contributed by atoms with Gasteiger partial charge in [0.05, 0.1) is 34.1 Å². The summed E-state index contributed by atoms with van der Waals surface area (Å²) in [7, 11) is 0. The van der Waals surface area contributed by atoms with Gasteiger partial charge in [-0.2, -0.15) is 0 Å². The Balaban J connectivity index is 0.877. The van der Waals surface area contributed by atoms with E-state index in [1.165, 1.54) is 0 Å². The molecule has 6 heterocycles. The highest BCUT2D eigenvalue weighted by molar-refractivity contribution is 7.01. The second-order valence-corrected chi connectivity index (χ2v) is 19.8. The molecule has 0 bridgehead atoms. The molecule has 0 N–H and O–H groups in total. The summed E-state index contributed by atoms with van der Waals surface area (Å²) in [5, 5.41) is 0. The van der Waals surface area contributed by atoms with E-state index < -0.39 is 0 Å². The fraction of sp³-hybridized carbons (Fsp3) is 0. The lowest BCUT2D eigenvalue weighted by Gasteiger charge is -2.39. The van der Waals surface area contributed by atoms with Gasteiger partial charge in [-0.15, -0.1) is 0 Å². The van der Waals surface area contributed by atoms with Crippen LogP contribution in [-0.4, -0.2) is 13.4 Å². The molecule has 78 heavy (non-hydrogen) atoms. The normalized spacial score (nSPS) is 13.6. The van der Waals surface area contributed by atoms with Crippen molar-refractivity contribution in [1.82, 2.24) is 0 Å². The van der Waals surface area contributed by atoms with Crippen LogP contribution in [0.5, 0.6) is 92.0 Å². The number of rotatable bonds is 6. The molecule has 10 nitrogen and oxygen atoms in total. The maximum absolute atomic E-state index is 7.27. The third kappa shape index (κ3) is 6.46. The van der Waals surface area contributed by atoms with Crippen molar-refractivity contribution in [2.45, 2.75) is 0 Å². The summed E-state index contributed by atoms with van der Waals surface area (Å²) in [6.45, 7) is -0.690. The summed E-state index contributed by atoms with van der Waals surface area (Å²) in [6, 6.07) is 76.9. The first kappa shape index (κ1) is 42.9. The van der Waals surface area contributed by atoms with E-state index in [0.29, 0.717) is 69.0 Å². The fourth-order valence-corrected chi connectivity index (χ4v) is 12.1. The lowest BCUT2D eigenvalue weighted by molar-refractivity contribution is 0.416. The molecule has 6 aliphatic heterocycles. The summed E-state index contributed by atoms with van der Waals surface area (Å²) in [5.74, 6) is 10.7. The number of nitrogens with zero attached hydrogens (tertiary/aromatic N) is 2. The monoisotopic (exact) mass is 1010 g/mol. The summed E-state index contributed by atoms with van der Waals surface area (Å²) in [4.78, 5) is 4.41. The lowest BCUT2D eigenvalue weighted by Crippen LogP contribution is -2.61. The van der Waals surface area contributed by atoms with E-state index in [9.17, 15) is 0 Å². The Labute approximate surface area is 448 Å². The van der Waals surface area contributed by atoms with E-state index in [2.05, 4.69) is 82.6 Å². The minimum atomic E-state index is -0.345. The van der Waals surface area contributed by atoms with Gasteiger partial charge in [-0.25, -0.2) is 0 Å². The first-order valence-corrected chi connectivity index (χ1v) is 25.9. The number of para-hydroxylation sites is 12. The molecule has 0 radical (unpaired) electrons. The van der Waals surface area contributed by atoms with Crippen LogP contribution in [0, 0.1) is 0 Å². The number of benzene rings is 11. The predicted octanol–water partition coefficient (Wildman–Crippen LogP) is 13.9. The van der Waals surface area contributed by atoms with E-state index in [1.807, 2.05) is 158 Å². The lowest BCUT2D eigenvalue weighted by atomic mass is 9.31. The number of anilines is 6. The van der Waals surface area contributed by atoms with E-state index >= 15 is 0 Å². The zero-order valence-corrected chi connectivity index (χ0v) is 41.3. The zero-order chi connectivity index (χ0) is 51.0. The third-order valence-electron chi connectivity index (χ3n) is 15.3. The second-order valence-electron chi connectivity index (χ2n) is 19.8. The van der Waals surface area contributed by atoms with Crippen LogP contribution in [0.25, 0.3) is 0 Å². The highest BCUT2D eigenvalue weighted by Crippen LogP contribution is 2.55. The average Bonchev–Trinajstić information content (AvgIpc) is 3.54. The summed E-state index contributed by atoms with van der Waals surface area (Å²) >= 11 is 0. The summed E-state index contributed by atoms with van der Waals surface area (Å²) in [5.41, 5.74) is 10.8. The van der Waals surface area contributed by atoms with Gasteiger partial charge in [0.2, 0.25) is 0 Å². The molecule has 17 rings (SSSR count). The van der Waals surface area contributed by atoms with Gasteiger partial charge in [0.25, 0.3) is 13.4 Å². The van der Waals surface area contributed by atoms with Crippen LogP contribution in [0.4, 0.5) is 34.1 Å². The molecule has 366 valence electrons. The van der Waals surface area contributed by atoms with Gasteiger partial charge in [0.1, 0.15) is 46.0 Å². The van der Waals surface area contributed by atoms with Gasteiger partial charge in [-0.1, -0.05) is 115 Å². The van der Waals surface area contributed by atoms with Crippen LogP contribution in [0.2, 0.25) is 0 Å². The van der Waals surface area contributed by atoms with Crippen LogP contribution in [0.15, 0.2) is 231 Å². The topological polar surface area (TPSA) is 80.3 Å². The highest BCUT2D eigenvalue weighted by atomic mass is 16.5. The second kappa shape index (κ2) is 16.5. The Kier molecular flexibility index (Phi) is 9.08. The summed E-state index contributed by atoms with van der Waals surface area (Å²) < 4.78 is 55.2. The Morgan fingerprint density at radius 2 is 0.615 bits per heavy atom. The minimum Gasteiger partial charge on any atom is -0.458 e. The van der Waals surface area contributed by atoms with Crippen LogP contribution in [0.3, 0.4) is 0 Å². The third-order valence-corrected chi connectivity index (χ3v) is 15.3. The van der Waals surface area contributed by atoms with Crippen LogP contribution in [0.1, 0.15) is 0 Å². The van der Waals surface area contributed by atoms with Crippen molar-refractivity contribution >= 4 is 80.3 Å². The smallest absolute Gasteiger partial charge is 0.260 e.